The van der Waals surface area contributed by atoms with Crippen LogP contribution in [0, 0.1) is 0 Å². The summed E-state index contributed by atoms with van der Waals surface area (Å²) in [6, 6.07) is 12.9. The van der Waals surface area contributed by atoms with Crippen molar-refractivity contribution in [1.29, 1.82) is 0 Å². The summed E-state index contributed by atoms with van der Waals surface area (Å²) in [7, 11) is 0. The molecular formula is C15H17BrN2S. The molecule has 0 atom stereocenters. The Kier molecular flexibility index (Phi) is 5.43. The van der Waals surface area contributed by atoms with Gasteiger partial charge in [0.1, 0.15) is 5.03 Å². The van der Waals surface area contributed by atoms with E-state index in [4.69, 9.17) is 0 Å². The van der Waals surface area contributed by atoms with E-state index in [0.717, 1.165) is 16.0 Å². The van der Waals surface area contributed by atoms with Gasteiger partial charge in [-0.15, -0.1) is 0 Å². The molecule has 1 aromatic heterocycles. The molecule has 19 heavy (non-hydrogen) atoms. The monoisotopic (exact) mass is 336 g/mol. The van der Waals surface area contributed by atoms with E-state index in [9.17, 15) is 0 Å². The van der Waals surface area contributed by atoms with Crippen LogP contribution in [0.1, 0.15) is 19.4 Å². The molecule has 0 aliphatic rings. The van der Waals surface area contributed by atoms with Gasteiger partial charge in [-0.25, -0.2) is 4.98 Å². The Labute approximate surface area is 127 Å². The zero-order valence-corrected chi connectivity index (χ0v) is 13.5. The summed E-state index contributed by atoms with van der Waals surface area (Å²) in [5.41, 5.74) is 1.24. The number of nitrogens with one attached hydrogen (secondary N) is 1. The van der Waals surface area contributed by atoms with Gasteiger partial charge >= 0.3 is 0 Å². The molecule has 1 aromatic carbocycles. The third kappa shape index (κ3) is 4.64. The smallest absolute Gasteiger partial charge is 0.105 e. The number of halogens is 1. The maximum atomic E-state index is 4.49. The average molecular weight is 337 g/mol. The van der Waals surface area contributed by atoms with Crippen molar-refractivity contribution in [3.05, 3.63) is 52.6 Å². The molecule has 0 fully saturated rings. The maximum absolute atomic E-state index is 4.49. The predicted molar refractivity (Wildman–Crippen MR) is 84.5 cm³/mol. The summed E-state index contributed by atoms with van der Waals surface area (Å²) in [5.74, 6) is 0. The zero-order chi connectivity index (χ0) is 13.7. The molecule has 2 rings (SSSR count). The Morgan fingerprint density at radius 3 is 2.63 bits per heavy atom. The minimum atomic E-state index is 0.478. The summed E-state index contributed by atoms with van der Waals surface area (Å²) < 4.78 is 1.10. The molecule has 0 spiro atoms. The van der Waals surface area contributed by atoms with Crippen LogP contribution in [0.4, 0.5) is 0 Å². The van der Waals surface area contributed by atoms with Gasteiger partial charge in [0, 0.05) is 28.2 Å². The third-order valence-electron chi connectivity index (χ3n) is 2.58. The first kappa shape index (κ1) is 14.6. The number of aromatic nitrogens is 1. The average Bonchev–Trinajstić information content (AvgIpc) is 2.40. The normalized spacial score (nSPS) is 10.9. The van der Waals surface area contributed by atoms with Crippen LogP contribution in [0.3, 0.4) is 0 Å². The van der Waals surface area contributed by atoms with Crippen LogP contribution in [0.25, 0.3) is 0 Å². The summed E-state index contributed by atoms with van der Waals surface area (Å²) in [6.45, 7) is 5.15. The molecule has 0 radical (unpaired) electrons. The molecule has 0 aliphatic heterocycles. The number of hydrogen-bond acceptors (Lipinski definition) is 3. The van der Waals surface area contributed by atoms with Crippen LogP contribution in [0.2, 0.25) is 0 Å². The second kappa shape index (κ2) is 7.08. The number of benzene rings is 1. The van der Waals surface area contributed by atoms with E-state index in [-0.39, 0.29) is 0 Å². The molecule has 100 valence electrons. The van der Waals surface area contributed by atoms with Crippen molar-refractivity contribution in [2.24, 2.45) is 0 Å². The van der Waals surface area contributed by atoms with Gasteiger partial charge in [-0.05, 0) is 35.9 Å². The first-order valence-corrected chi connectivity index (χ1v) is 7.87. The van der Waals surface area contributed by atoms with E-state index < -0.39 is 0 Å². The van der Waals surface area contributed by atoms with E-state index in [1.54, 1.807) is 11.8 Å². The fraction of sp³-hybridized carbons (Fsp3) is 0.267. The highest BCUT2D eigenvalue weighted by Crippen LogP contribution is 2.29. The molecule has 2 aromatic rings. The van der Waals surface area contributed by atoms with Gasteiger partial charge in [-0.3, -0.25) is 0 Å². The summed E-state index contributed by atoms with van der Waals surface area (Å²) in [5, 5.41) is 4.50. The van der Waals surface area contributed by atoms with E-state index in [1.807, 2.05) is 12.3 Å². The standard InChI is InChI=1S/C15H17BrN2S/c1-11(2)18-10-12-4-3-9-17-15(12)19-14-7-5-13(16)6-8-14/h3-9,11,18H,10H2,1-2H3. The highest BCUT2D eigenvalue weighted by atomic mass is 79.9. The Balaban J connectivity index is 2.13. The van der Waals surface area contributed by atoms with Crippen LogP contribution in [-0.4, -0.2) is 11.0 Å². The van der Waals surface area contributed by atoms with Crippen LogP contribution in [0.5, 0.6) is 0 Å². The van der Waals surface area contributed by atoms with E-state index >= 15 is 0 Å². The van der Waals surface area contributed by atoms with Crippen molar-refractivity contribution in [3.63, 3.8) is 0 Å². The largest absolute Gasteiger partial charge is 0.310 e. The third-order valence-corrected chi connectivity index (χ3v) is 4.18. The molecular weight excluding hydrogens is 320 g/mol. The van der Waals surface area contributed by atoms with Crippen LogP contribution in [0.15, 0.2) is 57.0 Å². The first-order chi connectivity index (χ1) is 9.15. The molecule has 0 aliphatic carbocycles. The molecule has 0 unspecified atom stereocenters. The Hall–Kier alpha value is -0.840. The first-order valence-electron chi connectivity index (χ1n) is 6.26. The Morgan fingerprint density at radius 2 is 1.95 bits per heavy atom. The molecule has 1 heterocycles. The molecule has 2 nitrogen and oxygen atoms in total. The van der Waals surface area contributed by atoms with Gasteiger partial charge in [0.15, 0.2) is 0 Å². The highest BCUT2D eigenvalue weighted by Gasteiger charge is 2.06. The van der Waals surface area contributed by atoms with Crippen molar-refractivity contribution >= 4 is 27.7 Å². The molecule has 0 amide bonds. The lowest BCUT2D eigenvalue weighted by molar-refractivity contribution is 0.582. The van der Waals surface area contributed by atoms with Crippen LogP contribution < -0.4 is 5.32 Å². The van der Waals surface area contributed by atoms with Crippen molar-refractivity contribution in [2.75, 3.05) is 0 Å². The quantitative estimate of drug-likeness (QED) is 0.870. The molecule has 0 saturated carbocycles. The van der Waals surface area contributed by atoms with Crippen LogP contribution in [-0.2, 0) is 6.54 Å². The topological polar surface area (TPSA) is 24.9 Å². The van der Waals surface area contributed by atoms with Crippen LogP contribution >= 0.6 is 27.7 Å². The van der Waals surface area contributed by atoms with Crippen molar-refractivity contribution in [2.45, 2.75) is 36.4 Å². The summed E-state index contributed by atoms with van der Waals surface area (Å²) in [4.78, 5) is 5.69. The highest BCUT2D eigenvalue weighted by molar-refractivity contribution is 9.10. The molecule has 4 heteroatoms. The number of pyridine rings is 1. The maximum Gasteiger partial charge on any atom is 0.105 e. The van der Waals surface area contributed by atoms with Gasteiger partial charge in [0.25, 0.3) is 0 Å². The number of hydrogen-bond donors (Lipinski definition) is 1. The van der Waals surface area contributed by atoms with E-state index in [2.05, 4.69) is 70.4 Å². The second-order valence-corrected chi connectivity index (χ2v) is 6.54. The summed E-state index contributed by atoms with van der Waals surface area (Å²) >= 11 is 5.15. The zero-order valence-electron chi connectivity index (χ0n) is 11.1. The molecule has 0 bridgehead atoms. The van der Waals surface area contributed by atoms with Gasteiger partial charge < -0.3 is 5.32 Å². The van der Waals surface area contributed by atoms with E-state index in [1.165, 1.54) is 10.5 Å². The van der Waals surface area contributed by atoms with Gasteiger partial charge in [-0.1, -0.05) is 47.6 Å². The van der Waals surface area contributed by atoms with Crippen molar-refractivity contribution in [3.8, 4) is 0 Å². The predicted octanol–water partition coefficient (Wildman–Crippen LogP) is 4.49. The number of nitrogens with zero attached hydrogens (tertiary/aromatic N) is 1. The van der Waals surface area contributed by atoms with Gasteiger partial charge in [0.05, 0.1) is 0 Å². The lowest BCUT2D eigenvalue weighted by Gasteiger charge is -2.11. The number of rotatable bonds is 5. The van der Waals surface area contributed by atoms with Crippen molar-refractivity contribution in [1.82, 2.24) is 10.3 Å². The van der Waals surface area contributed by atoms with Gasteiger partial charge in [-0.2, -0.15) is 0 Å². The molecule has 0 saturated heterocycles. The summed E-state index contributed by atoms with van der Waals surface area (Å²) in [6.07, 6.45) is 1.85. The molecule has 1 N–H and O–H groups in total. The van der Waals surface area contributed by atoms with Gasteiger partial charge in [0.2, 0.25) is 0 Å². The lowest BCUT2D eigenvalue weighted by Crippen LogP contribution is -2.22. The fourth-order valence-electron chi connectivity index (χ4n) is 1.58. The Morgan fingerprint density at radius 1 is 1.21 bits per heavy atom. The second-order valence-electron chi connectivity index (χ2n) is 4.56. The SMILES string of the molecule is CC(C)NCc1cccnc1Sc1ccc(Br)cc1. The van der Waals surface area contributed by atoms with Crippen molar-refractivity contribution < 1.29 is 0 Å². The minimum Gasteiger partial charge on any atom is -0.310 e. The lowest BCUT2D eigenvalue weighted by atomic mass is 10.2. The van der Waals surface area contributed by atoms with E-state index in [0.29, 0.717) is 6.04 Å². The Bertz CT molecular complexity index is 526. The fourth-order valence-corrected chi connectivity index (χ4v) is 2.72. The minimum absolute atomic E-state index is 0.478.